The second kappa shape index (κ2) is 10.3. The number of carbonyl (C=O) groups excluding carboxylic acids is 1. The topological polar surface area (TPSA) is 38.8 Å². The SMILES string of the molecule is CC=C(C)c1cc(N2CCN(CCN3CC4(CC(NC)C4)C3)CC2)ccc1C(=O)C(C)CC. The average molecular weight is 453 g/mol. The van der Waals surface area contributed by atoms with Crippen molar-refractivity contribution in [3.05, 3.63) is 35.4 Å². The molecule has 3 aliphatic rings. The Kier molecular flexibility index (Phi) is 7.62. The Bertz CT molecular complexity index is 857. The summed E-state index contributed by atoms with van der Waals surface area (Å²) in [5.74, 6) is 0.333. The number of Topliss-reactive ketones (excluding diaryl/α,β-unsaturated/α-hetero) is 1. The molecule has 0 radical (unpaired) electrons. The number of hydrogen-bond donors (Lipinski definition) is 1. The summed E-state index contributed by atoms with van der Waals surface area (Å²) in [6, 6.07) is 7.24. The second-order valence-electron chi connectivity index (χ2n) is 10.8. The molecule has 3 fully saturated rings. The van der Waals surface area contributed by atoms with E-state index in [9.17, 15) is 4.79 Å². The van der Waals surface area contributed by atoms with Gasteiger partial charge in [-0.05, 0) is 74.9 Å². The molecule has 1 aromatic carbocycles. The molecule has 33 heavy (non-hydrogen) atoms. The van der Waals surface area contributed by atoms with Gasteiger partial charge in [0.25, 0.3) is 0 Å². The molecule has 2 heterocycles. The van der Waals surface area contributed by atoms with Crippen LogP contribution in [-0.4, -0.2) is 81.0 Å². The molecule has 1 aliphatic carbocycles. The summed E-state index contributed by atoms with van der Waals surface area (Å²) in [5, 5.41) is 3.42. The Morgan fingerprint density at radius 1 is 1.12 bits per heavy atom. The maximum Gasteiger partial charge on any atom is 0.166 e. The van der Waals surface area contributed by atoms with Crippen molar-refractivity contribution in [3.63, 3.8) is 0 Å². The van der Waals surface area contributed by atoms with Gasteiger partial charge in [-0.15, -0.1) is 0 Å². The van der Waals surface area contributed by atoms with E-state index in [4.69, 9.17) is 0 Å². The van der Waals surface area contributed by atoms with Crippen molar-refractivity contribution in [1.29, 1.82) is 0 Å². The highest BCUT2D eigenvalue weighted by molar-refractivity contribution is 6.02. The first-order valence-electron chi connectivity index (χ1n) is 13.1. The number of allylic oxidation sites excluding steroid dienone is 2. The Hall–Kier alpha value is -1.69. The van der Waals surface area contributed by atoms with Gasteiger partial charge < -0.3 is 15.1 Å². The molecule has 0 bridgehead atoms. The lowest BCUT2D eigenvalue weighted by molar-refractivity contribution is -0.0793. The maximum atomic E-state index is 12.9. The van der Waals surface area contributed by atoms with Crippen molar-refractivity contribution >= 4 is 17.0 Å². The van der Waals surface area contributed by atoms with Gasteiger partial charge in [0.05, 0.1) is 0 Å². The van der Waals surface area contributed by atoms with Crippen LogP contribution in [0, 0.1) is 11.3 Å². The predicted octanol–water partition coefficient (Wildman–Crippen LogP) is 4.14. The van der Waals surface area contributed by atoms with Gasteiger partial charge in [-0.2, -0.15) is 0 Å². The Labute approximate surface area is 201 Å². The zero-order valence-electron chi connectivity index (χ0n) is 21.5. The maximum absolute atomic E-state index is 12.9. The molecule has 2 aliphatic heterocycles. The molecular weight excluding hydrogens is 408 g/mol. The third kappa shape index (κ3) is 5.21. The first kappa shape index (κ1) is 24.4. The predicted molar refractivity (Wildman–Crippen MR) is 139 cm³/mol. The smallest absolute Gasteiger partial charge is 0.166 e. The number of ketones is 1. The minimum atomic E-state index is 0.0677. The fraction of sp³-hybridized carbons (Fsp3) is 0.679. The van der Waals surface area contributed by atoms with Crippen LogP contribution in [0.15, 0.2) is 24.3 Å². The molecule has 2 saturated heterocycles. The Morgan fingerprint density at radius 2 is 1.79 bits per heavy atom. The quantitative estimate of drug-likeness (QED) is 0.570. The number of hydrogen-bond acceptors (Lipinski definition) is 5. The minimum Gasteiger partial charge on any atom is -0.369 e. The summed E-state index contributed by atoms with van der Waals surface area (Å²) in [6.07, 6.45) is 5.74. The van der Waals surface area contributed by atoms with Crippen LogP contribution in [0.2, 0.25) is 0 Å². The number of rotatable bonds is 9. The summed E-state index contributed by atoms with van der Waals surface area (Å²) < 4.78 is 0. The third-order valence-electron chi connectivity index (χ3n) is 8.54. The van der Waals surface area contributed by atoms with Crippen molar-refractivity contribution in [2.24, 2.45) is 11.3 Å². The van der Waals surface area contributed by atoms with Crippen LogP contribution in [0.1, 0.15) is 62.9 Å². The zero-order chi connectivity index (χ0) is 23.6. The molecule has 182 valence electrons. The van der Waals surface area contributed by atoms with E-state index in [1.165, 1.54) is 50.3 Å². The Morgan fingerprint density at radius 3 is 2.39 bits per heavy atom. The van der Waals surface area contributed by atoms with E-state index in [0.717, 1.165) is 49.8 Å². The molecule has 5 heteroatoms. The van der Waals surface area contributed by atoms with Crippen LogP contribution in [0.4, 0.5) is 5.69 Å². The molecule has 0 aromatic heterocycles. The van der Waals surface area contributed by atoms with Gasteiger partial charge in [0.1, 0.15) is 0 Å². The van der Waals surface area contributed by atoms with E-state index in [2.05, 4.69) is 72.1 Å². The van der Waals surface area contributed by atoms with Gasteiger partial charge in [-0.1, -0.05) is 19.9 Å². The van der Waals surface area contributed by atoms with E-state index in [0.29, 0.717) is 5.41 Å². The largest absolute Gasteiger partial charge is 0.369 e. The standard InChI is InChI=1S/C28H44N4O/c1-6-21(3)26-16-24(8-9-25(26)27(33)22(4)7-2)32-14-12-30(13-15-32)10-11-31-19-28(20-31)17-23(18-28)29-5/h6,8-9,16,22-23,29H,7,10-15,17-20H2,1-5H3. The van der Waals surface area contributed by atoms with Crippen molar-refractivity contribution in [1.82, 2.24) is 15.1 Å². The van der Waals surface area contributed by atoms with Crippen LogP contribution >= 0.6 is 0 Å². The van der Waals surface area contributed by atoms with Gasteiger partial charge in [-0.25, -0.2) is 0 Å². The van der Waals surface area contributed by atoms with Crippen LogP contribution in [0.25, 0.3) is 5.57 Å². The summed E-state index contributed by atoms with van der Waals surface area (Å²) >= 11 is 0. The summed E-state index contributed by atoms with van der Waals surface area (Å²) in [6.45, 7) is 17.7. The summed E-state index contributed by atoms with van der Waals surface area (Å²) in [5.41, 5.74) is 5.06. The average Bonchev–Trinajstić information content (AvgIpc) is 2.80. The number of nitrogens with zero attached hydrogens (tertiary/aromatic N) is 3. The van der Waals surface area contributed by atoms with E-state index in [1.807, 2.05) is 6.92 Å². The highest BCUT2D eigenvalue weighted by Gasteiger charge is 2.51. The Balaban J connectivity index is 1.29. The number of nitrogens with one attached hydrogen (secondary N) is 1. The number of anilines is 1. The summed E-state index contributed by atoms with van der Waals surface area (Å²) in [4.78, 5) is 20.7. The van der Waals surface area contributed by atoms with Crippen molar-refractivity contribution in [2.45, 2.75) is 53.0 Å². The molecule has 1 unspecified atom stereocenters. The van der Waals surface area contributed by atoms with Gasteiger partial charge in [0.2, 0.25) is 0 Å². The molecule has 1 spiro atoms. The van der Waals surface area contributed by atoms with E-state index in [1.54, 1.807) is 0 Å². The van der Waals surface area contributed by atoms with Gasteiger partial charge in [-0.3, -0.25) is 9.69 Å². The molecule has 0 amide bonds. The first-order valence-corrected chi connectivity index (χ1v) is 13.1. The number of piperazine rings is 1. The van der Waals surface area contributed by atoms with Crippen molar-refractivity contribution in [3.8, 4) is 0 Å². The van der Waals surface area contributed by atoms with Gasteiger partial charge in [0, 0.05) is 75.6 Å². The normalized spacial score (nSPS) is 22.8. The molecule has 1 N–H and O–H groups in total. The molecule has 4 rings (SSSR count). The summed E-state index contributed by atoms with van der Waals surface area (Å²) in [7, 11) is 2.09. The third-order valence-corrected chi connectivity index (χ3v) is 8.54. The highest BCUT2D eigenvalue weighted by Crippen LogP contribution is 2.48. The molecule has 5 nitrogen and oxygen atoms in total. The fourth-order valence-corrected chi connectivity index (χ4v) is 5.90. The van der Waals surface area contributed by atoms with Crippen LogP contribution < -0.4 is 10.2 Å². The highest BCUT2D eigenvalue weighted by atomic mass is 16.1. The van der Waals surface area contributed by atoms with E-state index >= 15 is 0 Å². The molecule has 1 saturated carbocycles. The second-order valence-corrected chi connectivity index (χ2v) is 10.8. The van der Waals surface area contributed by atoms with E-state index in [-0.39, 0.29) is 11.7 Å². The van der Waals surface area contributed by atoms with Crippen LogP contribution in [-0.2, 0) is 0 Å². The monoisotopic (exact) mass is 452 g/mol. The van der Waals surface area contributed by atoms with E-state index < -0.39 is 0 Å². The number of benzene rings is 1. The molecular formula is C28H44N4O. The fourth-order valence-electron chi connectivity index (χ4n) is 5.90. The number of likely N-dealkylation sites (tertiary alicyclic amines) is 1. The lowest BCUT2D eigenvalue weighted by Gasteiger charge is -2.59. The minimum absolute atomic E-state index is 0.0677. The molecule has 1 atom stereocenters. The zero-order valence-corrected chi connectivity index (χ0v) is 21.5. The van der Waals surface area contributed by atoms with Gasteiger partial charge in [0.15, 0.2) is 5.78 Å². The van der Waals surface area contributed by atoms with Gasteiger partial charge >= 0.3 is 0 Å². The first-order chi connectivity index (χ1) is 15.9. The van der Waals surface area contributed by atoms with Crippen LogP contribution in [0.5, 0.6) is 0 Å². The number of carbonyl (C=O) groups is 1. The van der Waals surface area contributed by atoms with Crippen LogP contribution in [0.3, 0.4) is 0 Å². The van der Waals surface area contributed by atoms with Crippen molar-refractivity contribution in [2.75, 3.05) is 64.3 Å². The lowest BCUT2D eigenvalue weighted by atomic mass is 9.61. The lowest BCUT2D eigenvalue weighted by Crippen LogP contribution is -2.66. The molecule has 1 aromatic rings. The van der Waals surface area contributed by atoms with Crippen molar-refractivity contribution < 1.29 is 4.79 Å².